The molecule has 1 aliphatic rings. The molecule has 0 atom stereocenters. The molecule has 2 rings (SSSR count). The molecule has 0 saturated heterocycles. The maximum Gasteiger partial charge on any atom is 0.335 e. The Kier molecular flexibility index (Phi) is 10.9. The summed E-state index contributed by atoms with van der Waals surface area (Å²) < 4.78 is 31.1. The number of nitrogens with two attached hydrogens (primary N) is 1. The lowest BCUT2D eigenvalue weighted by molar-refractivity contribution is 0.0696. The summed E-state index contributed by atoms with van der Waals surface area (Å²) in [5.41, 5.74) is 0.341. The van der Waals surface area contributed by atoms with Gasteiger partial charge >= 0.3 is 5.97 Å². The minimum atomic E-state index is -4.22. The van der Waals surface area contributed by atoms with E-state index in [1.165, 1.54) is 6.07 Å². The molecule has 3 N–H and O–H groups in total. The van der Waals surface area contributed by atoms with Crippen molar-refractivity contribution >= 4 is 21.7 Å². The molecule has 0 bridgehead atoms. The van der Waals surface area contributed by atoms with E-state index in [-0.39, 0.29) is 16.2 Å². The van der Waals surface area contributed by atoms with E-state index in [4.69, 9.17) is 9.88 Å². The van der Waals surface area contributed by atoms with Crippen LogP contribution in [0, 0.1) is 0 Å². The summed E-state index contributed by atoms with van der Waals surface area (Å²) in [7, 11) is -4.22. The van der Waals surface area contributed by atoms with Gasteiger partial charge < -0.3 is 14.7 Å². The van der Waals surface area contributed by atoms with Gasteiger partial charge in [-0.3, -0.25) is 0 Å². The molecule has 184 valence electrons. The van der Waals surface area contributed by atoms with Crippen LogP contribution in [0.5, 0.6) is 5.75 Å². The van der Waals surface area contributed by atoms with Gasteiger partial charge in [-0.2, -0.15) is 0 Å². The van der Waals surface area contributed by atoms with Crippen molar-refractivity contribution in [3.8, 4) is 5.75 Å². The average molecular weight is 479 g/mol. The lowest BCUT2D eigenvalue weighted by Gasteiger charge is -2.29. The Morgan fingerprint density at radius 2 is 1.67 bits per heavy atom. The Morgan fingerprint density at radius 1 is 1.03 bits per heavy atom. The Balaban J connectivity index is 2.55. The maximum absolute atomic E-state index is 12.5. The third-order valence-corrected chi connectivity index (χ3v) is 6.59. The van der Waals surface area contributed by atoms with E-state index in [0.717, 1.165) is 70.3 Å². The number of benzene rings is 1. The van der Waals surface area contributed by atoms with Crippen molar-refractivity contribution in [3.63, 3.8) is 0 Å². The Labute approximate surface area is 198 Å². The molecule has 0 radical (unpaired) electrons. The van der Waals surface area contributed by atoms with Crippen LogP contribution in [0.4, 0.5) is 5.69 Å². The van der Waals surface area contributed by atoms with Gasteiger partial charge in [0, 0.05) is 13.1 Å². The monoisotopic (exact) mass is 478 g/mol. The first-order chi connectivity index (χ1) is 15.8. The Morgan fingerprint density at radius 3 is 2.15 bits per heavy atom. The predicted molar refractivity (Wildman–Crippen MR) is 132 cm³/mol. The number of rotatable bonds is 15. The molecule has 1 aliphatic carbocycles. The van der Waals surface area contributed by atoms with E-state index in [1.54, 1.807) is 6.08 Å². The number of sulfonamides is 1. The minimum absolute atomic E-state index is 0.103. The second kappa shape index (κ2) is 13.4. The van der Waals surface area contributed by atoms with Gasteiger partial charge in [-0.1, -0.05) is 58.4 Å². The van der Waals surface area contributed by atoms with Gasteiger partial charge in [-0.25, -0.2) is 18.4 Å². The molecule has 0 aromatic heterocycles. The van der Waals surface area contributed by atoms with Crippen LogP contribution in [0.3, 0.4) is 0 Å². The molecular formula is C25H38N2O5S. The number of allylic oxidation sites excluding steroid dienone is 3. The number of aromatic carboxylic acids is 1. The van der Waals surface area contributed by atoms with Crippen LogP contribution in [0.2, 0.25) is 0 Å². The standard InChI is InChI=1S/C25H38N2O5S/c1-3-5-7-12-16-27(17-13-8-6-4-2)22-18-20(25(28)29)19-23(33(26,30)31)24(22)32-21-14-10-9-11-15-21/h10,14-15,18-19H,3-9,11-13,16-17H2,1-2H3,(H,28,29)(H2,26,30,31). The molecule has 8 heteroatoms. The first-order valence-electron chi connectivity index (χ1n) is 12.0. The number of hydrogen-bond acceptors (Lipinski definition) is 5. The lowest BCUT2D eigenvalue weighted by atomic mass is 10.1. The molecule has 0 unspecified atom stereocenters. The van der Waals surface area contributed by atoms with Crippen molar-refractivity contribution in [2.24, 2.45) is 5.14 Å². The van der Waals surface area contributed by atoms with Gasteiger partial charge in [0.2, 0.25) is 10.0 Å². The van der Waals surface area contributed by atoms with Crippen molar-refractivity contribution < 1.29 is 23.1 Å². The fourth-order valence-corrected chi connectivity index (χ4v) is 4.55. The van der Waals surface area contributed by atoms with Gasteiger partial charge in [0.05, 0.1) is 11.3 Å². The smallest absolute Gasteiger partial charge is 0.335 e. The van der Waals surface area contributed by atoms with Crippen LogP contribution in [0.25, 0.3) is 0 Å². The summed E-state index contributed by atoms with van der Waals surface area (Å²) in [6.45, 7) is 5.66. The number of carboxylic acids is 1. The number of hydrogen-bond donors (Lipinski definition) is 2. The molecule has 0 fully saturated rings. The van der Waals surface area contributed by atoms with Crippen LogP contribution in [0.15, 0.2) is 41.0 Å². The lowest BCUT2D eigenvalue weighted by Crippen LogP contribution is -2.28. The number of carboxylic acid groups (broad SMARTS) is 1. The van der Waals surface area contributed by atoms with Crippen LogP contribution in [0.1, 0.15) is 88.4 Å². The van der Waals surface area contributed by atoms with Crippen LogP contribution in [-0.4, -0.2) is 32.6 Å². The summed E-state index contributed by atoms with van der Waals surface area (Å²) in [4.78, 5) is 13.6. The first-order valence-corrected chi connectivity index (χ1v) is 13.6. The number of anilines is 1. The van der Waals surface area contributed by atoms with Crippen molar-refractivity contribution in [1.82, 2.24) is 0 Å². The SMILES string of the molecule is CCCCCCN(CCCCCC)c1cc(C(=O)O)cc(S(N)(=O)=O)c1OC1=CCCC=C1. The first kappa shape index (κ1) is 26.9. The number of nitrogens with zero attached hydrogens (tertiary/aromatic N) is 1. The van der Waals surface area contributed by atoms with Gasteiger partial charge in [-0.15, -0.1) is 0 Å². The fraction of sp³-hybridized carbons (Fsp3) is 0.560. The van der Waals surface area contributed by atoms with E-state index >= 15 is 0 Å². The highest BCUT2D eigenvalue weighted by Crippen LogP contribution is 2.38. The van der Waals surface area contributed by atoms with Gasteiger partial charge in [0.25, 0.3) is 0 Å². The van der Waals surface area contributed by atoms with E-state index < -0.39 is 16.0 Å². The second-order valence-electron chi connectivity index (χ2n) is 8.47. The highest BCUT2D eigenvalue weighted by atomic mass is 32.2. The van der Waals surface area contributed by atoms with Crippen molar-refractivity contribution in [2.75, 3.05) is 18.0 Å². The average Bonchev–Trinajstić information content (AvgIpc) is 2.78. The number of ether oxygens (including phenoxy) is 1. The molecule has 7 nitrogen and oxygen atoms in total. The molecule has 0 saturated carbocycles. The van der Waals surface area contributed by atoms with Crippen LogP contribution < -0.4 is 14.8 Å². The topological polar surface area (TPSA) is 110 Å². The summed E-state index contributed by atoms with van der Waals surface area (Å²) in [6, 6.07) is 2.61. The fourth-order valence-electron chi connectivity index (χ4n) is 3.85. The molecule has 0 aliphatic heterocycles. The van der Waals surface area contributed by atoms with E-state index in [2.05, 4.69) is 18.7 Å². The minimum Gasteiger partial charge on any atom is -0.478 e. The zero-order valence-corrected chi connectivity index (χ0v) is 20.7. The van der Waals surface area contributed by atoms with Crippen molar-refractivity contribution in [3.05, 3.63) is 41.7 Å². The van der Waals surface area contributed by atoms with Gasteiger partial charge in [0.15, 0.2) is 5.75 Å². The summed E-state index contributed by atoms with van der Waals surface area (Å²) in [6.07, 6.45) is 15.7. The summed E-state index contributed by atoms with van der Waals surface area (Å²) >= 11 is 0. The largest absolute Gasteiger partial charge is 0.478 e. The van der Waals surface area contributed by atoms with E-state index in [9.17, 15) is 18.3 Å². The second-order valence-corrected chi connectivity index (χ2v) is 10.00. The zero-order valence-electron chi connectivity index (χ0n) is 19.9. The van der Waals surface area contributed by atoms with Crippen molar-refractivity contribution in [2.45, 2.75) is 83.0 Å². The predicted octanol–water partition coefficient (Wildman–Crippen LogP) is 5.61. The molecule has 0 spiro atoms. The molecule has 33 heavy (non-hydrogen) atoms. The number of primary sulfonamides is 1. The number of unbranched alkanes of at least 4 members (excludes halogenated alkanes) is 6. The third-order valence-electron chi connectivity index (χ3n) is 5.67. The summed E-state index contributed by atoms with van der Waals surface area (Å²) in [5, 5.41) is 15.2. The molecule has 1 aromatic rings. The van der Waals surface area contributed by atoms with Crippen LogP contribution >= 0.6 is 0 Å². The third kappa shape index (κ3) is 8.51. The van der Waals surface area contributed by atoms with Gasteiger partial charge in [-0.05, 0) is 50.0 Å². The van der Waals surface area contributed by atoms with Crippen LogP contribution in [-0.2, 0) is 10.0 Å². The Hall–Kier alpha value is -2.32. The maximum atomic E-state index is 12.5. The van der Waals surface area contributed by atoms with E-state index in [0.29, 0.717) is 24.5 Å². The highest BCUT2D eigenvalue weighted by Gasteiger charge is 2.26. The van der Waals surface area contributed by atoms with E-state index in [1.807, 2.05) is 12.2 Å². The summed E-state index contributed by atoms with van der Waals surface area (Å²) in [5.74, 6) is -0.569. The van der Waals surface area contributed by atoms with Gasteiger partial charge in [0.1, 0.15) is 10.7 Å². The molecule has 0 heterocycles. The number of carbonyl (C=O) groups is 1. The van der Waals surface area contributed by atoms with Crippen molar-refractivity contribution in [1.29, 1.82) is 0 Å². The zero-order chi connectivity index (χ0) is 24.3. The molecule has 1 aromatic carbocycles. The quantitative estimate of drug-likeness (QED) is 0.317. The Bertz CT molecular complexity index is 942. The normalized spacial score (nSPS) is 13.6. The highest BCUT2D eigenvalue weighted by molar-refractivity contribution is 7.89. The molecule has 0 amide bonds. The molecular weight excluding hydrogens is 440 g/mol.